The molecule has 20 heavy (non-hydrogen) atoms. The number of hydrogen-bond acceptors (Lipinski definition) is 2. The van der Waals surface area contributed by atoms with Gasteiger partial charge in [-0.25, -0.2) is 0 Å². The van der Waals surface area contributed by atoms with Crippen molar-refractivity contribution in [2.75, 3.05) is 26.2 Å². The number of unbranched alkanes of at least 4 members (excludes halogenated alkanes) is 2. The number of nitrogens with zero attached hydrogens (tertiary/aromatic N) is 1. The highest BCUT2D eigenvalue weighted by atomic mass is 16.4. The van der Waals surface area contributed by atoms with E-state index in [9.17, 15) is 9.90 Å². The number of aliphatic carboxylic acids is 1. The minimum Gasteiger partial charge on any atom is -0.481 e. The smallest absolute Gasteiger partial charge is 0.311 e. The van der Waals surface area contributed by atoms with E-state index >= 15 is 0 Å². The van der Waals surface area contributed by atoms with Gasteiger partial charge in [0.2, 0.25) is 0 Å². The summed E-state index contributed by atoms with van der Waals surface area (Å²) < 4.78 is 0.646. The fraction of sp³-hybridized carbons (Fsp3) is 0.812. The van der Waals surface area contributed by atoms with Gasteiger partial charge in [0.25, 0.3) is 0 Å². The first-order chi connectivity index (χ1) is 9.40. The molecule has 0 aliphatic carbocycles. The van der Waals surface area contributed by atoms with Gasteiger partial charge in [-0.1, -0.05) is 31.9 Å². The molecule has 0 aromatic rings. The average molecular weight is 286 g/mol. The molecule has 0 aliphatic rings. The Bertz CT molecular complexity index is 298. The molecule has 118 valence electrons. The van der Waals surface area contributed by atoms with E-state index in [4.69, 9.17) is 5.11 Å². The Balaban J connectivity index is 4.58. The lowest BCUT2D eigenvalue weighted by molar-refractivity contribution is -0.929. The molecule has 0 aromatic carbocycles. The Kier molecular flexibility index (Phi) is 9.51. The molecule has 0 fully saturated rings. The lowest BCUT2D eigenvalue weighted by Crippen LogP contribution is -2.54. The summed E-state index contributed by atoms with van der Waals surface area (Å²) in [5.41, 5.74) is 0. The number of likely N-dealkylation sites (N-methyl/N-ethyl adjacent to an activating group) is 1. The van der Waals surface area contributed by atoms with Crippen LogP contribution in [0.1, 0.15) is 47.0 Å². The van der Waals surface area contributed by atoms with E-state index in [0.29, 0.717) is 17.6 Å². The number of carboxylic acids is 1. The number of aliphatic hydroxyl groups excluding tert-OH is 1. The van der Waals surface area contributed by atoms with Crippen LogP contribution in [0.2, 0.25) is 0 Å². The molecular formula is C16H32NO3+. The minimum absolute atomic E-state index is 0.383. The lowest BCUT2D eigenvalue weighted by atomic mass is 10.1. The molecule has 2 atom stereocenters. The van der Waals surface area contributed by atoms with E-state index < -0.39 is 12.1 Å². The molecular weight excluding hydrogens is 254 g/mol. The third-order valence-corrected chi connectivity index (χ3v) is 4.08. The second-order valence-electron chi connectivity index (χ2n) is 5.72. The monoisotopic (exact) mass is 286 g/mol. The number of aliphatic hydroxyl groups is 1. The van der Waals surface area contributed by atoms with E-state index in [1.54, 1.807) is 6.92 Å². The van der Waals surface area contributed by atoms with Crippen molar-refractivity contribution in [1.82, 2.24) is 0 Å². The first kappa shape index (κ1) is 19.1. The molecule has 2 N–H and O–H groups in total. The zero-order valence-electron chi connectivity index (χ0n) is 13.5. The van der Waals surface area contributed by atoms with E-state index in [-0.39, 0.29) is 5.92 Å². The van der Waals surface area contributed by atoms with Crippen LogP contribution < -0.4 is 0 Å². The zero-order chi connectivity index (χ0) is 15.6. The van der Waals surface area contributed by atoms with Gasteiger partial charge in [0, 0.05) is 0 Å². The summed E-state index contributed by atoms with van der Waals surface area (Å²) in [4.78, 5) is 11.1. The quantitative estimate of drug-likeness (QED) is 0.349. The van der Waals surface area contributed by atoms with E-state index in [1.807, 2.05) is 12.2 Å². The van der Waals surface area contributed by atoms with Crippen molar-refractivity contribution in [1.29, 1.82) is 0 Å². The van der Waals surface area contributed by atoms with E-state index in [2.05, 4.69) is 20.8 Å². The third-order valence-electron chi connectivity index (χ3n) is 4.08. The molecule has 0 saturated carbocycles. The van der Waals surface area contributed by atoms with Crippen LogP contribution in [0.15, 0.2) is 12.2 Å². The molecule has 0 spiro atoms. The standard InChI is InChI=1S/C16H31NO3/c1-5-8-9-10-11-15(18)13-17(6-2,7-3)12-14(4)16(19)20/h10-11,14-15,18H,5-9,12-13H2,1-4H3/p+1/b11-10+. The number of hydrogen-bond donors (Lipinski definition) is 2. The molecule has 0 radical (unpaired) electrons. The molecule has 4 nitrogen and oxygen atoms in total. The van der Waals surface area contributed by atoms with Gasteiger partial charge >= 0.3 is 5.97 Å². The van der Waals surface area contributed by atoms with Crippen LogP contribution in [0.4, 0.5) is 0 Å². The van der Waals surface area contributed by atoms with Crippen molar-refractivity contribution < 1.29 is 19.5 Å². The van der Waals surface area contributed by atoms with Gasteiger partial charge in [-0.2, -0.15) is 0 Å². The van der Waals surface area contributed by atoms with Crippen LogP contribution in [0.3, 0.4) is 0 Å². The normalized spacial score (nSPS) is 15.4. The Morgan fingerprint density at radius 3 is 2.25 bits per heavy atom. The van der Waals surface area contributed by atoms with Gasteiger partial charge in [-0.05, 0) is 27.2 Å². The van der Waals surface area contributed by atoms with Crippen LogP contribution >= 0.6 is 0 Å². The summed E-state index contributed by atoms with van der Waals surface area (Å²) in [7, 11) is 0. The third kappa shape index (κ3) is 7.06. The topological polar surface area (TPSA) is 57.5 Å². The summed E-state index contributed by atoms with van der Waals surface area (Å²) in [5, 5.41) is 19.2. The minimum atomic E-state index is -0.762. The zero-order valence-corrected chi connectivity index (χ0v) is 13.5. The second-order valence-corrected chi connectivity index (χ2v) is 5.72. The lowest BCUT2D eigenvalue weighted by Gasteiger charge is -2.39. The van der Waals surface area contributed by atoms with Crippen LogP contribution in [0.25, 0.3) is 0 Å². The first-order valence-corrected chi connectivity index (χ1v) is 7.83. The SMILES string of the molecule is CCCC/C=C/C(O)C[N+](CC)(CC)CC(C)C(=O)O. The van der Waals surface area contributed by atoms with Crippen molar-refractivity contribution in [3.63, 3.8) is 0 Å². The summed E-state index contributed by atoms with van der Waals surface area (Å²) in [6.07, 6.45) is 6.69. The molecule has 0 saturated heterocycles. The molecule has 0 aliphatic heterocycles. The molecule has 0 rings (SSSR count). The first-order valence-electron chi connectivity index (χ1n) is 7.83. The summed E-state index contributed by atoms with van der Waals surface area (Å²) >= 11 is 0. The van der Waals surface area contributed by atoms with Crippen molar-refractivity contribution in [2.24, 2.45) is 5.92 Å². The average Bonchev–Trinajstić information content (AvgIpc) is 2.42. The van der Waals surface area contributed by atoms with Gasteiger partial charge in [0.1, 0.15) is 18.6 Å². The van der Waals surface area contributed by atoms with E-state index in [1.165, 1.54) is 0 Å². The molecule has 0 heterocycles. The van der Waals surface area contributed by atoms with Gasteiger partial charge < -0.3 is 14.7 Å². The number of carbonyl (C=O) groups is 1. The number of allylic oxidation sites excluding steroid dienone is 1. The molecule has 0 bridgehead atoms. The Morgan fingerprint density at radius 1 is 1.20 bits per heavy atom. The van der Waals surface area contributed by atoms with Gasteiger partial charge in [-0.3, -0.25) is 4.79 Å². The van der Waals surface area contributed by atoms with Gasteiger partial charge in [0.05, 0.1) is 19.6 Å². The highest BCUT2D eigenvalue weighted by molar-refractivity contribution is 5.69. The largest absolute Gasteiger partial charge is 0.481 e. The van der Waals surface area contributed by atoms with E-state index in [0.717, 1.165) is 32.4 Å². The predicted molar refractivity (Wildman–Crippen MR) is 82.5 cm³/mol. The number of carboxylic acid groups (broad SMARTS) is 1. The number of rotatable bonds is 11. The maximum Gasteiger partial charge on any atom is 0.311 e. The van der Waals surface area contributed by atoms with Crippen molar-refractivity contribution in [2.45, 2.75) is 53.1 Å². The van der Waals surface area contributed by atoms with Crippen LogP contribution in [-0.4, -0.2) is 52.9 Å². The highest BCUT2D eigenvalue weighted by Crippen LogP contribution is 2.14. The Labute approximate surface area is 123 Å². The molecule has 0 aromatic heterocycles. The fourth-order valence-electron chi connectivity index (χ4n) is 2.51. The van der Waals surface area contributed by atoms with Crippen molar-refractivity contribution >= 4 is 5.97 Å². The summed E-state index contributed by atoms with van der Waals surface area (Å²) in [6, 6.07) is 0. The number of quaternary nitrogens is 1. The highest BCUT2D eigenvalue weighted by Gasteiger charge is 2.30. The van der Waals surface area contributed by atoms with Crippen LogP contribution in [-0.2, 0) is 4.79 Å². The fourth-order valence-corrected chi connectivity index (χ4v) is 2.51. The van der Waals surface area contributed by atoms with Crippen molar-refractivity contribution in [3.05, 3.63) is 12.2 Å². The van der Waals surface area contributed by atoms with Gasteiger partial charge in [-0.15, -0.1) is 0 Å². The van der Waals surface area contributed by atoms with Crippen LogP contribution in [0.5, 0.6) is 0 Å². The molecule has 4 heteroatoms. The molecule has 0 amide bonds. The van der Waals surface area contributed by atoms with Gasteiger partial charge in [0.15, 0.2) is 0 Å². The summed E-state index contributed by atoms with van der Waals surface area (Å²) in [6.45, 7) is 10.9. The Hall–Kier alpha value is -0.870. The Morgan fingerprint density at radius 2 is 1.80 bits per heavy atom. The van der Waals surface area contributed by atoms with Crippen molar-refractivity contribution in [3.8, 4) is 0 Å². The second kappa shape index (κ2) is 9.94. The maximum atomic E-state index is 11.1. The molecule has 2 unspecified atom stereocenters. The maximum absolute atomic E-state index is 11.1. The van der Waals surface area contributed by atoms with Crippen LogP contribution in [0, 0.1) is 5.92 Å². The predicted octanol–water partition coefficient (Wildman–Crippen LogP) is 2.67. The summed E-state index contributed by atoms with van der Waals surface area (Å²) in [5.74, 6) is -1.14.